The Hall–Kier alpha value is -2.40. The Labute approximate surface area is 160 Å². The van der Waals surface area contributed by atoms with Gasteiger partial charge < -0.3 is 14.5 Å². The van der Waals surface area contributed by atoms with Crippen LogP contribution in [0.1, 0.15) is 35.2 Å². The maximum absolute atomic E-state index is 13.6. The first-order chi connectivity index (χ1) is 13.0. The van der Waals surface area contributed by atoms with Gasteiger partial charge in [0.05, 0.1) is 0 Å². The summed E-state index contributed by atoms with van der Waals surface area (Å²) in [5.41, 5.74) is 1.14. The number of hydrogen-bond acceptors (Lipinski definition) is 3. The highest BCUT2D eigenvalue weighted by atomic mass is 19.1. The number of amides is 1. The molecule has 0 aliphatic carbocycles. The molecule has 0 radical (unpaired) electrons. The van der Waals surface area contributed by atoms with Crippen LogP contribution in [0.5, 0.6) is 5.75 Å². The number of likely N-dealkylation sites (tertiary alicyclic amines) is 1. The van der Waals surface area contributed by atoms with Crippen LogP contribution in [0.4, 0.5) is 4.39 Å². The van der Waals surface area contributed by atoms with Gasteiger partial charge in [0.15, 0.2) is 0 Å². The average Bonchev–Trinajstić information content (AvgIpc) is 2.69. The van der Waals surface area contributed by atoms with Crippen LogP contribution in [0.3, 0.4) is 0 Å². The number of rotatable bonds is 6. The zero-order chi connectivity index (χ0) is 19.2. The zero-order valence-corrected chi connectivity index (χ0v) is 16.0. The lowest BCUT2D eigenvalue weighted by molar-refractivity contribution is 0.0717. The molecular formula is C22H27FN2O2. The van der Waals surface area contributed by atoms with Gasteiger partial charge in [0.25, 0.3) is 5.91 Å². The van der Waals surface area contributed by atoms with Crippen molar-refractivity contribution in [2.45, 2.75) is 31.9 Å². The number of ether oxygens (including phenoxy) is 1. The van der Waals surface area contributed by atoms with E-state index >= 15 is 0 Å². The highest BCUT2D eigenvalue weighted by molar-refractivity contribution is 5.94. The van der Waals surface area contributed by atoms with Crippen LogP contribution in [0, 0.1) is 5.82 Å². The Morgan fingerprint density at radius 1 is 1.19 bits per heavy atom. The SMILES string of the molecule is CN(C[C@@H]1CCCCN1C)C(=O)c1ccc(OCc2ccccc2F)cc1. The normalized spacial score (nSPS) is 17.5. The third-order valence-electron chi connectivity index (χ3n) is 5.21. The molecule has 1 amide bonds. The predicted octanol–water partition coefficient (Wildman–Crippen LogP) is 3.96. The molecule has 2 aromatic rings. The fraction of sp³-hybridized carbons (Fsp3) is 0.409. The number of benzene rings is 2. The number of nitrogens with zero attached hydrogens (tertiary/aromatic N) is 2. The molecule has 2 aromatic carbocycles. The lowest BCUT2D eigenvalue weighted by atomic mass is 10.0. The molecule has 27 heavy (non-hydrogen) atoms. The first-order valence-corrected chi connectivity index (χ1v) is 9.46. The summed E-state index contributed by atoms with van der Waals surface area (Å²) >= 11 is 0. The van der Waals surface area contributed by atoms with Crippen molar-refractivity contribution in [1.82, 2.24) is 9.80 Å². The number of hydrogen-bond donors (Lipinski definition) is 0. The summed E-state index contributed by atoms with van der Waals surface area (Å²) in [5, 5.41) is 0. The fourth-order valence-electron chi connectivity index (χ4n) is 3.46. The maximum Gasteiger partial charge on any atom is 0.253 e. The zero-order valence-electron chi connectivity index (χ0n) is 16.0. The molecule has 1 aliphatic rings. The molecule has 1 fully saturated rings. The number of carbonyl (C=O) groups excluding carboxylic acids is 1. The molecule has 0 aromatic heterocycles. The van der Waals surface area contributed by atoms with E-state index in [4.69, 9.17) is 4.74 Å². The van der Waals surface area contributed by atoms with Crippen molar-refractivity contribution >= 4 is 5.91 Å². The number of likely N-dealkylation sites (N-methyl/N-ethyl adjacent to an activating group) is 2. The molecule has 5 heteroatoms. The van der Waals surface area contributed by atoms with E-state index in [1.807, 2.05) is 7.05 Å². The maximum atomic E-state index is 13.6. The van der Waals surface area contributed by atoms with E-state index in [-0.39, 0.29) is 18.3 Å². The molecule has 1 aliphatic heterocycles. The molecule has 3 rings (SSSR count). The van der Waals surface area contributed by atoms with Gasteiger partial charge in [-0.2, -0.15) is 0 Å². The molecule has 0 spiro atoms. The van der Waals surface area contributed by atoms with Crippen LogP contribution in [0.15, 0.2) is 48.5 Å². The largest absolute Gasteiger partial charge is 0.489 e. The lowest BCUT2D eigenvalue weighted by Crippen LogP contribution is -2.45. The van der Waals surface area contributed by atoms with Crippen molar-refractivity contribution in [3.63, 3.8) is 0 Å². The minimum atomic E-state index is -0.279. The van der Waals surface area contributed by atoms with Crippen molar-refractivity contribution in [3.8, 4) is 5.75 Å². The van der Waals surface area contributed by atoms with Crippen LogP contribution in [-0.4, -0.2) is 48.9 Å². The molecule has 144 valence electrons. The Morgan fingerprint density at radius 2 is 1.93 bits per heavy atom. The first-order valence-electron chi connectivity index (χ1n) is 9.46. The van der Waals surface area contributed by atoms with Gasteiger partial charge in [0.1, 0.15) is 18.2 Å². The van der Waals surface area contributed by atoms with Gasteiger partial charge in [-0.1, -0.05) is 24.6 Å². The van der Waals surface area contributed by atoms with Gasteiger partial charge in [-0.05, 0) is 56.8 Å². The second-order valence-corrected chi connectivity index (χ2v) is 7.22. The monoisotopic (exact) mass is 370 g/mol. The lowest BCUT2D eigenvalue weighted by Gasteiger charge is -2.35. The molecule has 4 nitrogen and oxygen atoms in total. The summed E-state index contributed by atoms with van der Waals surface area (Å²) in [6, 6.07) is 14.0. The molecule has 1 heterocycles. The summed E-state index contributed by atoms with van der Waals surface area (Å²) in [7, 11) is 3.98. The summed E-state index contributed by atoms with van der Waals surface area (Å²) in [4.78, 5) is 16.8. The molecule has 1 atom stereocenters. The minimum absolute atomic E-state index is 0.00891. The van der Waals surface area contributed by atoms with Crippen molar-refractivity contribution in [1.29, 1.82) is 0 Å². The second-order valence-electron chi connectivity index (χ2n) is 7.22. The van der Waals surface area contributed by atoms with Crippen molar-refractivity contribution in [3.05, 3.63) is 65.5 Å². The Bertz CT molecular complexity index is 763. The van der Waals surface area contributed by atoms with E-state index < -0.39 is 0 Å². The molecule has 1 saturated heterocycles. The van der Waals surface area contributed by atoms with Crippen molar-refractivity contribution in [2.24, 2.45) is 0 Å². The van der Waals surface area contributed by atoms with E-state index in [0.29, 0.717) is 22.9 Å². The minimum Gasteiger partial charge on any atom is -0.489 e. The van der Waals surface area contributed by atoms with Crippen LogP contribution < -0.4 is 4.74 Å². The van der Waals surface area contributed by atoms with E-state index in [0.717, 1.165) is 19.5 Å². The summed E-state index contributed by atoms with van der Waals surface area (Å²) in [5.74, 6) is 0.345. The van der Waals surface area contributed by atoms with Crippen LogP contribution >= 0.6 is 0 Å². The molecule has 0 bridgehead atoms. The summed E-state index contributed by atoms with van der Waals surface area (Å²) in [6.07, 6.45) is 3.60. The fourth-order valence-corrected chi connectivity index (χ4v) is 3.46. The van der Waals surface area contributed by atoms with Gasteiger partial charge in [0.2, 0.25) is 0 Å². The first kappa shape index (κ1) is 19.4. The summed E-state index contributed by atoms with van der Waals surface area (Å²) < 4.78 is 19.3. The van der Waals surface area contributed by atoms with E-state index in [1.54, 1.807) is 47.4 Å². The smallest absolute Gasteiger partial charge is 0.253 e. The third-order valence-corrected chi connectivity index (χ3v) is 5.21. The third kappa shape index (κ3) is 5.07. The Balaban J connectivity index is 1.55. The van der Waals surface area contributed by atoms with Crippen molar-refractivity contribution < 1.29 is 13.9 Å². The molecular weight excluding hydrogens is 343 g/mol. The quantitative estimate of drug-likeness (QED) is 0.772. The standard InChI is InChI=1S/C22H27FN2O2/c1-24-14-6-5-8-19(24)15-25(2)22(26)17-10-12-20(13-11-17)27-16-18-7-3-4-9-21(18)23/h3-4,7,9-13,19H,5-6,8,14-16H2,1-2H3/t19-/m0/s1. The summed E-state index contributed by atoms with van der Waals surface area (Å²) in [6.45, 7) is 2.00. The number of carbonyl (C=O) groups is 1. The van der Waals surface area contributed by atoms with Crippen LogP contribution in [-0.2, 0) is 6.61 Å². The van der Waals surface area contributed by atoms with E-state index in [9.17, 15) is 9.18 Å². The predicted molar refractivity (Wildman–Crippen MR) is 104 cm³/mol. The molecule has 0 saturated carbocycles. The Kier molecular flexibility index (Phi) is 6.45. The van der Waals surface area contributed by atoms with Crippen LogP contribution in [0.2, 0.25) is 0 Å². The average molecular weight is 370 g/mol. The van der Waals surface area contributed by atoms with Gasteiger partial charge in [-0.25, -0.2) is 4.39 Å². The van der Waals surface area contributed by atoms with Crippen LogP contribution in [0.25, 0.3) is 0 Å². The van der Waals surface area contributed by atoms with Gasteiger partial charge in [-0.15, -0.1) is 0 Å². The molecule has 0 unspecified atom stereocenters. The second kappa shape index (κ2) is 9.00. The van der Waals surface area contributed by atoms with Gasteiger partial charge in [-0.3, -0.25) is 4.79 Å². The highest BCUT2D eigenvalue weighted by Crippen LogP contribution is 2.19. The van der Waals surface area contributed by atoms with E-state index in [1.165, 1.54) is 18.9 Å². The van der Waals surface area contributed by atoms with Crippen molar-refractivity contribution in [2.75, 3.05) is 27.2 Å². The topological polar surface area (TPSA) is 32.8 Å². The number of halogens is 1. The number of piperidine rings is 1. The van der Waals surface area contributed by atoms with Gasteiger partial charge >= 0.3 is 0 Å². The Morgan fingerprint density at radius 3 is 2.63 bits per heavy atom. The van der Waals surface area contributed by atoms with Gasteiger partial charge in [0, 0.05) is 30.8 Å². The van der Waals surface area contributed by atoms with E-state index in [2.05, 4.69) is 11.9 Å². The highest BCUT2D eigenvalue weighted by Gasteiger charge is 2.22. The molecule has 0 N–H and O–H groups in total.